The first kappa shape index (κ1) is 25.6. The van der Waals surface area contributed by atoms with Crippen LogP contribution in [-0.4, -0.2) is 77.1 Å². The number of nitrogens with one attached hydrogen (secondary N) is 1. The Balaban J connectivity index is 1.48. The molecule has 2 heterocycles. The molecule has 3 atom stereocenters. The lowest BCUT2D eigenvalue weighted by Gasteiger charge is -2.38. The highest BCUT2D eigenvalue weighted by atomic mass is 32.1. The first-order valence-electron chi connectivity index (χ1n) is 12.9. The largest absolute Gasteiger partial charge is 0.486 e. The molecular weight excluding hydrogens is 488 g/mol. The lowest BCUT2D eigenvalue weighted by Crippen LogP contribution is -2.50. The minimum Gasteiger partial charge on any atom is -0.486 e. The molecule has 196 valence electrons. The standard InChI is InChI=1S/C28H34N4O4S/c1-17-13-32(18(2)16-33)28(35)20-7-6-9-22(25(20)36-23(17)15-31(3)14-19-11-12-19)29-26(34)27-30-21-8-4-5-10-24(21)37-27/h4-10,17-19,23,33H,11-16H2,1-3H3,(H,29,34)/t17-,18+,23-/m0/s1. The number of aliphatic hydroxyl groups excluding tert-OH is 1. The zero-order valence-electron chi connectivity index (χ0n) is 21.5. The van der Waals surface area contributed by atoms with Gasteiger partial charge in [0.1, 0.15) is 6.10 Å². The van der Waals surface area contributed by atoms with E-state index in [4.69, 9.17) is 4.74 Å². The first-order valence-corrected chi connectivity index (χ1v) is 13.7. The SMILES string of the molecule is C[C@H](CO)N1C[C@H](C)[C@H](CN(C)CC2CC2)Oc2c(NC(=O)c3nc4ccccc4s3)cccc2C1=O. The summed E-state index contributed by atoms with van der Waals surface area (Å²) in [5, 5.41) is 13.2. The lowest BCUT2D eigenvalue weighted by atomic mass is 9.99. The summed E-state index contributed by atoms with van der Waals surface area (Å²) >= 11 is 1.32. The van der Waals surface area contributed by atoms with Crippen molar-refractivity contribution >= 4 is 39.1 Å². The molecular formula is C28H34N4O4S. The summed E-state index contributed by atoms with van der Waals surface area (Å²) in [7, 11) is 2.11. The van der Waals surface area contributed by atoms with E-state index in [1.165, 1.54) is 24.2 Å². The second-order valence-corrected chi connectivity index (χ2v) is 11.4. The minimum atomic E-state index is -0.344. The second-order valence-electron chi connectivity index (χ2n) is 10.4. The predicted molar refractivity (Wildman–Crippen MR) is 145 cm³/mol. The van der Waals surface area contributed by atoms with Crippen molar-refractivity contribution < 1.29 is 19.4 Å². The quantitative estimate of drug-likeness (QED) is 0.462. The average Bonchev–Trinajstić information content (AvgIpc) is 3.59. The Morgan fingerprint density at radius 1 is 1.24 bits per heavy atom. The summed E-state index contributed by atoms with van der Waals surface area (Å²) in [6, 6.07) is 12.5. The van der Waals surface area contributed by atoms with E-state index in [0.29, 0.717) is 35.1 Å². The molecule has 9 heteroatoms. The van der Waals surface area contributed by atoms with Crippen LogP contribution in [0.1, 0.15) is 46.8 Å². The maximum atomic E-state index is 13.6. The number of fused-ring (bicyclic) bond motifs is 2. The number of likely N-dealkylation sites (N-methyl/N-ethyl adjacent to an activating group) is 1. The van der Waals surface area contributed by atoms with Crippen LogP contribution in [0, 0.1) is 11.8 Å². The molecule has 1 saturated carbocycles. The number of benzene rings is 2. The van der Waals surface area contributed by atoms with E-state index in [1.54, 1.807) is 23.1 Å². The summed E-state index contributed by atoms with van der Waals surface area (Å²) in [6.07, 6.45) is 2.34. The molecule has 0 unspecified atom stereocenters. The van der Waals surface area contributed by atoms with Gasteiger partial charge in [0.15, 0.2) is 10.8 Å². The molecule has 0 bridgehead atoms. The molecule has 0 radical (unpaired) electrons. The number of amides is 2. The molecule has 2 amide bonds. The van der Waals surface area contributed by atoms with Crippen LogP contribution in [0.4, 0.5) is 5.69 Å². The van der Waals surface area contributed by atoms with E-state index in [0.717, 1.165) is 22.7 Å². The van der Waals surface area contributed by atoms with Crippen LogP contribution in [0.15, 0.2) is 42.5 Å². The summed E-state index contributed by atoms with van der Waals surface area (Å²) < 4.78 is 7.53. The highest BCUT2D eigenvalue weighted by Gasteiger charge is 2.35. The zero-order chi connectivity index (χ0) is 26.1. The van der Waals surface area contributed by atoms with E-state index >= 15 is 0 Å². The molecule has 5 rings (SSSR count). The molecule has 0 saturated heterocycles. The van der Waals surface area contributed by atoms with E-state index in [-0.39, 0.29) is 36.5 Å². The molecule has 1 aliphatic heterocycles. The van der Waals surface area contributed by atoms with Crippen molar-refractivity contribution in [3.8, 4) is 5.75 Å². The van der Waals surface area contributed by atoms with Gasteiger partial charge in [0.2, 0.25) is 0 Å². The first-order chi connectivity index (χ1) is 17.8. The Bertz CT molecular complexity index is 1260. The maximum absolute atomic E-state index is 13.6. The van der Waals surface area contributed by atoms with Crippen LogP contribution in [0.2, 0.25) is 0 Å². The molecule has 2 aromatic carbocycles. The molecule has 0 spiro atoms. The fourth-order valence-electron chi connectivity index (χ4n) is 4.83. The van der Waals surface area contributed by atoms with Crippen LogP contribution < -0.4 is 10.1 Å². The molecule has 3 aromatic rings. The second kappa shape index (κ2) is 10.8. The molecule has 1 fully saturated rings. The van der Waals surface area contributed by atoms with E-state index in [9.17, 15) is 14.7 Å². The third kappa shape index (κ3) is 5.63. The van der Waals surface area contributed by atoms with Gasteiger partial charge in [-0.1, -0.05) is 25.1 Å². The summed E-state index contributed by atoms with van der Waals surface area (Å²) in [4.78, 5) is 35.4. The number of hydrogen-bond donors (Lipinski definition) is 2. The Kier molecular flexibility index (Phi) is 7.46. The number of thiazole rings is 1. The minimum absolute atomic E-state index is 0.0146. The van der Waals surface area contributed by atoms with Gasteiger partial charge in [0, 0.05) is 25.6 Å². The van der Waals surface area contributed by atoms with E-state index < -0.39 is 0 Å². The van der Waals surface area contributed by atoms with Crippen molar-refractivity contribution in [1.29, 1.82) is 0 Å². The van der Waals surface area contributed by atoms with E-state index in [1.807, 2.05) is 31.2 Å². The third-order valence-electron chi connectivity index (χ3n) is 7.19. The van der Waals surface area contributed by atoms with Crippen LogP contribution >= 0.6 is 11.3 Å². The predicted octanol–water partition coefficient (Wildman–Crippen LogP) is 4.11. The normalized spacial score (nSPS) is 20.8. The van der Waals surface area contributed by atoms with Gasteiger partial charge in [0.25, 0.3) is 11.8 Å². The van der Waals surface area contributed by atoms with Gasteiger partial charge in [0.05, 0.1) is 34.1 Å². The average molecular weight is 523 g/mol. The van der Waals surface area contributed by atoms with Gasteiger partial charge in [-0.3, -0.25) is 9.59 Å². The number of rotatable bonds is 8. The van der Waals surface area contributed by atoms with Gasteiger partial charge in [-0.05, 0) is 57.0 Å². The number of para-hydroxylation sites is 2. The summed E-state index contributed by atoms with van der Waals surface area (Å²) in [5.41, 5.74) is 1.59. The van der Waals surface area contributed by atoms with Crippen LogP contribution in [0.3, 0.4) is 0 Å². The molecule has 2 aliphatic rings. The zero-order valence-corrected chi connectivity index (χ0v) is 22.3. The van der Waals surface area contributed by atoms with Gasteiger partial charge in [-0.15, -0.1) is 11.3 Å². The van der Waals surface area contributed by atoms with Crippen molar-refractivity contribution in [2.75, 3.05) is 38.6 Å². The number of nitrogens with zero attached hydrogens (tertiary/aromatic N) is 3. The number of hydrogen-bond acceptors (Lipinski definition) is 7. The van der Waals surface area contributed by atoms with Crippen LogP contribution in [0.25, 0.3) is 10.2 Å². The van der Waals surface area contributed by atoms with Crippen LogP contribution in [0.5, 0.6) is 5.75 Å². The number of carbonyl (C=O) groups excluding carboxylic acids is 2. The molecule has 37 heavy (non-hydrogen) atoms. The number of ether oxygens (including phenoxy) is 1. The molecule has 2 N–H and O–H groups in total. The van der Waals surface area contributed by atoms with Crippen LogP contribution in [-0.2, 0) is 0 Å². The number of aliphatic hydroxyl groups is 1. The summed E-state index contributed by atoms with van der Waals surface area (Å²) in [5.74, 6) is 0.569. The fourth-order valence-corrected chi connectivity index (χ4v) is 5.69. The van der Waals surface area contributed by atoms with Crippen molar-refractivity contribution in [3.05, 3.63) is 53.0 Å². The van der Waals surface area contributed by atoms with Crippen molar-refractivity contribution in [2.45, 2.75) is 38.8 Å². The molecule has 8 nitrogen and oxygen atoms in total. The van der Waals surface area contributed by atoms with Gasteiger partial charge < -0.3 is 25.0 Å². The number of carbonyl (C=O) groups is 2. The topological polar surface area (TPSA) is 95.0 Å². The summed E-state index contributed by atoms with van der Waals surface area (Å²) in [6.45, 7) is 5.99. The van der Waals surface area contributed by atoms with Crippen molar-refractivity contribution in [1.82, 2.24) is 14.8 Å². The molecule has 1 aromatic heterocycles. The highest BCUT2D eigenvalue weighted by Crippen LogP contribution is 2.36. The molecule has 1 aliphatic carbocycles. The Morgan fingerprint density at radius 3 is 2.76 bits per heavy atom. The Morgan fingerprint density at radius 2 is 2.03 bits per heavy atom. The van der Waals surface area contributed by atoms with Crippen molar-refractivity contribution in [2.24, 2.45) is 11.8 Å². The Hall–Kier alpha value is -3.01. The van der Waals surface area contributed by atoms with E-state index in [2.05, 4.69) is 29.2 Å². The number of anilines is 1. The third-order valence-corrected chi connectivity index (χ3v) is 8.22. The highest BCUT2D eigenvalue weighted by molar-refractivity contribution is 7.20. The maximum Gasteiger partial charge on any atom is 0.284 e. The lowest BCUT2D eigenvalue weighted by molar-refractivity contribution is 0.0345. The van der Waals surface area contributed by atoms with Gasteiger partial charge >= 0.3 is 0 Å². The number of aromatic nitrogens is 1. The van der Waals surface area contributed by atoms with Gasteiger partial charge in [-0.2, -0.15) is 0 Å². The Labute approximate surface area is 221 Å². The smallest absolute Gasteiger partial charge is 0.284 e. The van der Waals surface area contributed by atoms with Crippen molar-refractivity contribution in [3.63, 3.8) is 0 Å². The fraction of sp³-hybridized carbons (Fsp3) is 0.464. The van der Waals surface area contributed by atoms with Gasteiger partial charge in [-0.25, -0.2) is 4.98 Å². The monoisotopic (exact) mass is 522 g/mol.